The Labute approximate surface area is 161 Å². The second-order valence-corrected chi connectivity index (χ2v) is 7.71. The summed E-state index contributed by atoms with van der Waals surface area (Å²) in [6.07, 6.45) is 0. The molecule has 2 aromatic carbocycles. The van der Waals surface area contributed by atoms with Gasteiger partial charge in [0, 0.05) is 18.8 Å². The third kappa shape index (κ3) is 3.50. The van der Waals surface area contributed by atoms with E-state index in [1.165, 1.54) is 11.3 Å². The summed E-state index contributed by atoms with van der Waals surface area (Å²) in [5.41, 5.74) is 3.98. The lowest BCUT2D eigenvalue weighted by Crippen LogP contribution is -2.37. The molecule has 0 saturated carbocycles. The summed E-state index contributed by atoms with van der Waals surface area (Å²) in [6.45, 7) is 5.14. The average molecular weight is 380 g/mol. The quantitative estimate of drug-likeness (QED) is 0.749. The van der Waals surface area contributed by atoms with Gasteiger partial charge < -0.3 is 10.2 Å². The summed E-state index contributed by atoms with van der Waals surface area (Å²) in [6, 6.07) is 13.6. The number of aromatic nitrogens is 1. The zero-order valence-corrected chi connectivity index (χ0v) is 16.0. The number of benzene rings is 2. The molecule has 27 heavy (non-hydrogen) atoms. The first kappa shape index (κ1) is 17.5. The van der Waals surface area contributed by atoms with E-state index in [1.54, 1.807) is 9.80 Å². The van der Waals surface area contributed by atoms with Crippen molar-refractivity contribution in [3.8, 4) is 0 Å². The molecule has 6 nitrogen and oxygen atoms in total. The van der Waals surface area contributed by atoms with E-state index in [-0.39, 0.29) is 18.5 Å². The van der Waals surface area contributed by atoms with Gasteiger partial charge in [0.25, 0.3) is 0 Å². The zero-order valence-electron chi connectivity index (χ0n) is 15.2. The van der Waals surface area contributed by atoms with Gasteiger partial charge in [-0.3, -0.25) is 9.69 Å². The summed E-state index contributed by atoms with van der Waals surface area (Å²) in [5, 5.41) is 3.39. The Morgan fingerprint density at radius 2 is 1.93 bits per heavy atom. The molecule has 0 spiro atoms. The monoisotopic (exact) mass is 380 g/mol. The highest BCUT2D eigenvalue weighted by atomic mass is 32.1. The van der Waals surface area contributed by atoms with Crippen molar-refractivity contribution in [2.75, 3.05) is 29.9 Å². The number of hydrogen-bond acceptors (Lipinski definition) is 4. The summed E-state index contributed by atoms with van der Waals surface area (Å²) in [5.74, 6) is -0.231. The molecule has 0 radical (unpaired) electrons. The minimum Gasteiger partial charge on any atom is -0.313 e. The van der Waals surface area contributed by atoms with Crippen LogP contribution in [0.4, 0.5) is 15.6 Å². The van der Waals surface area contributed by atoms with E-state index >= 15 is 0 Å². The normalized spacial score (nSPS) is 14.2. The molecule has 7 heteroatoms. The van der Waals surface area contributed by atoms with E-state index in [0.717, 1.165) is 27.0 Å². The first-order valence-electron chi connectivity index (χ1n) is 8.80. The molecule has 1 aliphatic heterocycles. The number of rotatable bonds is 4. The number of para-hydroxylation sites is 1. The van der Waals surface area contributed by atoms with Crippen LogP contribution in [0.3, 0.4) is 0 Å². The molecule has 138 valence electrons. The highest BCUT2D eigenvalue weighted by Gasteiger charge is 2.30. The van der Waals surface area contributed by atoms with Gasteiger partial charge in [-0.15, -0.1) is 0 Å². The van der Waals surface area contributed by atoms with E-state index in [4.69, 9.17) is 0 Å². The van der Waals surface area contributed by atoms with Crippen molar-refractivity contribution in [2.45, 2.75) is 13.8 Å². The number of amides is 3. The van der Waals surface area contributed by atoms with E-state index < -0.39 is 0 Å². The van der Waals surface area contributed by atoms with Crippen LogP contribution >= 0.6 is 11.3 Å². The predicted octanol–water partition coefficient (Wildman–Crippen LogP) is 3.79. The third-order valence-corrected chi connectivity index (χ3v) is 5.58. The minimum atomic E-state index is -0.231. The Balaban J connectivity index is 1.41. The molecule has 0 aliphatic carbocycles. The fourth-order valence-electron chi connectivity index (χ4n) is 3.17. The highest BCUT2D eigenvalue weighted by Crippen LogP contribution is 2.28. The number of nitrogens with one attached hydrogen (secondary N) is 1. The first-order valence-corrected chi connectivity index (χ1v) is 9.62. The fourth-order valence-corrected chi connectivity index (χ4v) is 4.13. The Morgan fingerprint density at radius 3 is 2.67 bits per heavy atom. The topological polar surface area (TPSA) is 65.5 Å². The SMILES string of the molecule is Cc1ccc(N2CCN(CC(=O)Nc3nc4c(C)cccc4s3)C2=O)cc1. The number of nitrogens with zero attached hydrogens (tertiary/aromatic N) is 3. The second-order valence-electron chi connectivity index (χ2n) is 6.68. The Kier molecular flexibility index (Phi) is 4.53. The Bertz CT molecular complexity index is 1010. The van der Waals surface area contributed by atoms with E-state index in [1.807, 2.05) is 56.3 Å². The summed E-state index contributed by atoms with van der Waals surface area (Å²) in [4.78, 5) is 32.8. The van der Waals surface area contributed by atoms with Crippen molar-refractivity contribution >= 4 is 44.3 Å². The molecule has 2 heterocycles. The van der Waals surface area contributed by atoms with Crippen LogP contribution < -0.4 is 10.2 Å². The van der Waals surface area contributed by atoms with Gasteiger partial charge in [-0.25, -0.2) is 9.78 Å². The lowest BCUT2D eigenvalue weighted by Gasteiger charge is -2.18. The van der Waals surface area contributed by atoms with Gasteiger partial charge in [0.05, 0.1) is 10.2 Å². The zero-order chi connectivity index (χ0) is 19.0. The molecule has 1 fully saturated rings. The summed E-state index contributed by atoms with van der Waals surface area (Å²) < 4.78 is 1.04. The minimum absolute atomic E-state index is 0.0239. The smallest absolute Gasteiger partial charge is 0.313 e. The van der Waals surface area contributed by atoms with Crippen LogP contribution in [0.25, 0.3) is 10.2 Å². The molecule has 0 atom stereocenters. The largest absolute Gasteiger partial charge is 0.325 e. The van der Waals surface area contributed by atoms with Gasteiger partial charge in [-0.05, 0) is 37.6 Å². The molecule has 1 aromatic heterocycles. The molecule has 0 unspecified atom stereocenters. The van der Waals surface area contributed by atoms with E-state index in [0.29, 0.717) is 18.2 Å². The Hall–Kier alpha value is -2.93. The first-order chi connectivity index (χ1) is 13.0. The van der Waals surface area contributed by atoms with Gasteiger partial charge >= 0.3 is 6.03 Å². The number of hydrogen-bond donors (Lipinski definition) is 1. The number of urea groups is 1. The second kappa shape index (κ2) is 7.00. The molecular formula is C20H20N4O2S. The third-order valence-electron chi connectivity index (χ3n) is 4.64. The van der Waals surface area contributed by atoms with E-state index in [2.05, 4.69) is 10.3 Å². The van der Waals surface area contributed by atoms with E-state index in [9.17, 15) is 9.59 Å². The molecule has 4 rings (SSSR count). The maximum Gasteiger partial charge on any atom is 0.325 e. The van der Waals surface area contributed by atoms with Gasteiger partial charge in [0.15, 0.2) is 5.13 Å². The summed E-state index contributed by atoms with van der Waals surface area (Å²) in [7, 11) is 0. The van der Waals surface area contributed by atoms with Crippen molar-refractivity contribution in [1.82, 2.24) is 9.88 Å². The number of aryl methyl sites for hydroxylation is 2. The Morgan fingerprint density at radius 1 is 1.15 bits per heavy atom. The molecule has 3 aromatic rings. The van der Waals surface area contributed by atoms with Crippen LogP contribution in [0.15, 0.2) is 42.5 Å². The number of carbonyl (C=O) groups excluding carboxylic acids is 2. The van der Waals surface area contributed by atoms with Crippen LogP contribution in [-0.4, -0.2) is 41.5 Å². The van der Waals surface area contributed by atoms with Gasteiger partial charge in [-0.2, -0.15) is 0 Å². The number of carbonyl (C=O) groups is 2. The van der Waals surface area contributed by atoms with Gasteiger partial charge in [0.1, 0.15) is 6.54 Å². The predicted molar refractivity (Wildman–Crippen MR) is 108 cm³/mol. The summed E-state index contributed by atoms with van der Waals surface area (Å²) >= 11 is 1.44. The maximum absolute atomic E-state index is 12.6. The van der Waals surface area contributed by atoms with Crippen molar-refractivity contribution in [1.29, 1.82) is 0 Å². The molecule has 3 amide bonds. The van der Waals surface area contributed by atoms with Crippen LogP contribution in [0.2, 0.25) is 0 Å². The van der Waals surface area contributed by atoms with Crippen LogP contribution in [-0.2, 0) is 4.79 Å². The lowest BCUT2D eigenvalue weighted by atomic mass is 10.2. The van der Waals surface area contributed by atoms with Gasteiger partial charge in [0.2, 0.25) is 5.91 Å². The van der Waals surface area contributed by atoms with Crippen LogP contribution in [0.1, 0.15) is 11.1 Å². The number of thiazole rings is 1. The van der Waals surface area contributed by atoms with Crippen molar-refractivity contribution in [3.63, 3.8) is 0 Å². The highest BCUT2D eigenvalue weighted by molar-refractivity contribution is 7.22. The standard InChI is InChI=1S/C20H20N4O2S/c1-13-6-8-15(9-7-13)24-11-10-23(20(24)26)12-17(25)21-19-22-18-14(2)4-3-5-16(18)27-19/h3-9H,10-12H2,1-2H3,(H,21,22,25). The molecule has 1 N–H and O–H groups in total. The molecular weight excluding hydrogens is 360 g/mol. The average Bonchev–Trinajstić information content (AvgIpc) is 3.21. The molecule has 1 aliphatic rings. The molecule has 1 saturated heterocycles. The molecule has 0 bridgehead atoms. The fraction of sp³-hybridized carbons (Fsp3) is 0.250. The van der Waals surface area contributed by atoms with Crippen LogP contribution in [0.5, 0.6) is 0 Å². The van der Waals surface area contributed by atoms with Crippen molar-refractivity contribution in [2.24, 2.45) is 0 Å². The van der Waals surface area contributed by atoms with Crippen LogP contribution in [0, 0.1) is 13.8 Å². The van der Waals surface area contributed by atoms with Gasteiger partial charge in [-0.1, -0.05) is 41.2 Å². The van der Waals surface area contributed by atoms with Crippen molar-refractivity contribution < 1.29 is 9.59 Å². The lowest BCUT2D eigenvalue weighted by molar-refractivity contribution is -0.116. The number of fused-ring (bicyclic) bond motifs is 1. The maximum atomic E-state index is 12.6. The number of anilines is 2. The van der Waals surface area contributed by atoms with Crippen molar-refractivity contribution in [3.05, 3.63) is 53.6 Å².